The maximum absolute atomic E-state index is 14.0. The molecular weight excluding hydrogens is 577 g/mol. The minimum atomic E-state index is -0.847. The minimum Gasteiger partial charge on any atom is -0.508 e. The number of piperazine rings is 1. The van der Waals surface area contributed by atoms with Crippen molar-refractivity contribution in [3.05, 3.63) is 112 Å². The number of fused-ring (bicyclic) bond motifs is 1. The van der Waals surface area contributed by atoms with Crippen molar-refractivity contribution >= 4 is 41.0 Å². The van der Waals surface area contributed by atoms with Gasteiger partial charge in [-0.3, -0.25) is 9.59 Å². The molecule has 11 heteroatoms. The summed E-state index contributed by atoms with van der Waals surface area (Å²) < 4.78 is 0. The van der Waals surface area contributed by atoms with Gasteiger partial charge < -0.3 is 20.2 Å². The molecule has 2 aliphatic heterocycles. The molecule has 2 N–H and O–H groups in total. The minimum absolute atomic E-state index is 0.0965. The molecule has 4 amide bonds. The first-order valence-electron chi connectivity index (χ1n) is 13.5. The predicted molar refractivity (Wildman–Crippen MR) is 160 cm³/mol. The smallest absolute Gasteiger partial charge is 0.334 e. The van der Waals surface area contributed by atoms with Gasteiger partial charge in [-0.05, 0) is 41.0 Å². The summed E-state index contributed by atoms with van der Waals surface area (Å²) >= 11 is 12.2. The third-order valence-corrected chi connectivity index (χ3v) is 8.13. The maximum atomic E-state index is 14.0. The SMILES string of the molecule is C=CCN1CC(=O)N2[C@@H](Cc3ccc(O)cc3)C(=O)N(Cc3ccccc3)C[C@@H]2N1C(=O)NCc1ccc(Cl)c(Cl)c1. The molecule has 0 bridgehead atoms. The van der Waals surface area contributed by atoms with Gasteiger partial charge in [0.1, 0.15) is 18.0 Å². The number of hydrogen-bond donors (Lipinski definition) is 2. The predicted octanol–water partition coefficient (Wildman–Crippen LogP) is 4.44. The number of phenols is 1. The van der Waals surface area contributed by atoms with Gasteiger partial charge in [0, 0.05) is 26.1 Å². The van der Waals surface area contributed by atoms with Crippen LogP contribution in [0.25, 0.3) is 0 Å². The highest BCUT2D eigenvalue weighted by atomic mass is 35.5. The fourth-order valence-corrected chi connectivity index (χ4v) is 5.73. The highest BCUT2D eigenvalue weighted by Crippen LogP contribution is 2.30. The average Bonchev–Trinajstić information content (AvgIpc) is 2.97. The van der Waals surface area contributed by atoms with E-state index in [-0.39, 0.29) is 50.2 Å². The molecule has 3 aromatic carbocycles. The van der Waals surface area contributed by atoms with Crippen molar-refractivity contribution in [2.75, 3.05) is 19.6 Å². The van der Waals surface area contributed by atoms with E-state index in [2.05, 4.69) is 11.9 Å². The van der Waals surface area contributed by atoms with Crippen LogP contribution in [0.5, 0.6) is 5.75 Å². The Balaban J connectivity index is 1.48. The van der Waals surface area contributed by atoms with Crippen molar-refractivity contribution in [1.82, 2.24) is 25.1 Å². The van der Waals surface area contributed by atoms with Crippen LogP contribution >= 0.6 is 23.2 Å². The van der Waals surface area contributed by atoms with Gasteiger partial charge in [-0.15, -0.1) is 6.58 Å². The van der Waals surface area contributed by atoms with Crippen molar-refractivity contribution in [2.24, 2.45) is 0 Å². The molecule has 3 aromatic rings. The van der Waals surface area contributed by atoms with Crippen molar-refractivity contribution in [3.63, 3.8) is 0 Å². The zero-order chi connectivity index (χ0) is 29.8. The summed E-state index contributed by atoms with van der Waals surface area (Å²) in [6.07, 6.45) is 1.10. The lowest BCUT2D eigenvalue weighted by Crippen LogP contribution is -2.76. The van der Waals surface area contributed by atoms with Crippen LogP contribution in [0.2, 0.25) is 10.0 Å². The Morgan fingerprint density at radius 2 is 1.69 bits per heavy atom. The number of aromatic hydroxyl groups is 1. The molecule has 0 spiro atoms. The number of carbonyl (C=O) groups excluding carboxylic acids is 3. The standard InChI is InChI=1S/C31H31Cl2N5O4/c1-2-14-36-20-29(40)37-27(16-21-8-11-24(39)12-9-21)30(41)35(18-22-6-4-3-5-7-22)19-28(37)38(36)31(42)34-17-23-10-13-25(32)26(33)15-23/h2-13,15,27-28,39H,1,14,16-20H2,(H,34,42)/t27-,28-/m0/s1. The summed E-state index contributed by atoms with van der Waals surface area (Å²) in [5.41, 5.74) is 2.47. The lowest BCUT2D eigenvalue weighted by Gasteiger charge is -2.55. The molecule has 5 rings (SSSR count). The second-order valence-corrected chi connectivity index (χ2v) is 11.1. The number of amides is 4. The van der Waals surface area contributed by atoms with E-state index < -0.39 is 18.2 Å². The van der Waals surface area contributed by atoms with E-state index >= 15 is 0 Å². The van der Waals surface area contributed by atoms with Crippen molar-refractivity contribution in [1.29, 1.82) is 0 Å². The largest absolute Gasteiger partial charge is 0.508 e. The number of phenolic OH excluding ortho intramolecular Hbond substituents is 1. The van der Waals surface area contributed by atoms with Crippen LogP contribution in [0.3, 0.4) is 0 Å². The molecule has 2 saturated heterocycles. The monoisotopic (exact) mass is 607 g/mol. The number of carbonyl (C=O) groups is 3. The van der Waals surface area contributed by atoms with E-state index in [0.717, 1.165) is 16.7 Å². The molecule has 9 nitrogen and oxygen atoms in total. The van der Waals surface area contributed by atoms with Crippen LogP contribution in [0.1, 0.15) is 16.7 Å². The summed E-state index contributed by atoms with van der Waals surface area (Å²) in [5.74, 6) is -0.354. The van der Waals surface area contributed by atoms with Crippen molar-refractivity contribution < 1.29 is 19.5 Å². The number of nitrogens with zero attached hydrogens (tertiary/aromatic N) is 4. The zero-order valence-electron chi connectivity index (χ0n) is 22.8. The number of benzene rings is 3. The van der Waals surface area contributed by atoms with E-state index in [0.29, 0.717) is 16.6 Å². The van der Waals surface area contributed by atoms with E-state index in [9.17, 15) is 19.5 Å². The van der Waals surface area contributed by atoms with Gasteiger partial charge in [0.2, 0.25) is 11.8 Å². The lowest BCUT2D eigenvalue weighted by molar-refractivity contribution is -0.189. The summed E-state index contributed by atoms with van der Waals surface area (Å²) in [7, 11) is 0. The Kier molecular flexibility index (Phi) is 9.01. The Morgan fingerprint density at radius 3 is 2.38 bits per heavy atom. The van der Waals surface area contributed by atoms with Crippen molar-refractivity contribution in [3.8, 4) is 5.75 Å². The zero-order valence-corrected chi connectivity index (χ0v) is 24.3. The third kappa shape index (κ3) is 6.38. The lowest BCUT2D eigenvalue weighted by atomic mass is 9.98. The summed E-state index contributed by atoms with van der Waals surface area (Å²) in [5, 5.41) is 16.7. The van der Waals surface area contributed by atoms with Gasteiger partial charge in [0.25, 0.3) is 0 Å². The van der Waals surface area contributed by atoms with Gasteiger partial charge in [-0.1, -0.05) is 77.8 Å². The summed E-state index contributed by atoms with van der Waals surface area (Å²) in [4.78, 5) is 44.7. The van der Waals surface area contributed by atoms with Gasteiger partial charge in [-0.25, -0.2) is 14.8 Å². The summed E-state index contributed by atoms with van der Waals surface area (Å²) in [6, 6.07) is 20.0. The number of hydrogen-bond acceptors (Lipinski definition) is 5. The maximum Gasteiger partial charge on any atom is 0.334 e. The first-order valence-corrected chi connectivity index (χ1v) is 14.3. The molecule has 42 heavy (non-hydrogen) atoms. The topological polar surface area (TPSA) is 96.4 Å². The molecule has 218 valence electrons. The number of halogens is 2. The van der Waals surface area contributed by atoms with Gasteiger partial charge in [-0.2, -0.15) is 0 Å². The molecule has 0 unspecified atom stereocenters. The Bertz CT molecular complexity index is 1470. The Morgan fingerprint density at radius 1 is 0.976 bits per heavy atom. The number of hydrazine groups is 1. The molecule has 2 aliphatic rings. The fraction of sp³-hybridized carbons (Fsp3) is 0.258. The van der Waals surface area contributed by atoms with Gasteiger partial charge in [0.15, 0.2) is 0 Å². The van der Waals surface area contributed by atoms with Gasteiger partial charge in [0.05, 0.1) is 23.1 Å². The van der Waals surface area contributed by atoms with Crippen LogP contribution in [0, 0.1) is 0 Å². The molecule has 2 atom stereocenters. The van der Waals surface area contributed by atoms with E-state index in [1.807, 2.05) is 30.3 Å². The first-order chi connectivity index (χ1) is 20.2. The molecular formula is C31H31Cl2N5O4. The Hall–Kier alpha value is -4.05. The van der Waals surface area contributed by atoms with Crippen LogP contribution in [-0.2, 0) is 29.1 Å². The molecule has 2 heterocycles. The number of urea groups is 1. The van der Waals surface area contributed by atoms with E-state index in [1.165, 1.54) is 9.91 Å². The average molecular weight is 609 g/mol. The van der Waals surface area contributed by atoms with Gasteiger partial charge >= 0.3 is 6.03 Å². The molecule has 0 aromatic heterocycles. The molecule has 0 radical (unpaired) electrons. The second-order valence-electron chi connectivity index (χ2n) is 10.3. The molecule has 2 fully saturated rings. The summed E-state index contributed by atoms with van der Waals surface area (Å²) in [6.45, 7) is 4.60. The van der Waals surface area contributed by atoms with Crippen LogP contribution in [-0.4, -0.2) is 74.6 Å². The third-order valence-electron chi connectivity index (χ3n) is 7.39. The van der Waals surface area contributed by atoms with E-state index in [4.69, 9.17) is 23.2 Å². The molecule has 0 aliphatic carbocycles. The van der Waals surface area contributed by atoms with Crippen molar-refractivity contribution in [2.45, 2.75) is 31.7 Å². The van der Waals surface area contributed by atoms with E-state index in [1.54, 1.807) is 58.4 Å². The van der Waals surface area contributed by atoms with Crippen LogP contribution < -0.4 is 5.32 Å². The first kappa shape index (κ1) is 29.4. The normalized spacial score (nSPS) is 19.0. The number of nitrogens with one attached hydrogen (secondary N) is 1. The highest BCUT2D eigenvalue weighted by molar-refractivity contribution is 6.42. The highest BCUT2D eigenvalue weighted by Gasteiger charge is 2.51. The number of rotatable bonds is 8. The van der Waals surface area contributed by atoms with Crippen LogP contribution in [0.15, 0.2) is 85.5 Å². The Labute approximate surface area is 254 Å². The second kappa shape index (κ2) is 12.9. The fourth-order valence-electron chi connectivity index (χ4n) is 5.41. The quantitative estimate of drug-likeness (QED) is 0.369. The molecule has 0 saturated carbocycles. The van der Waals surface area contributed by atoms with Crippen LogP contribution in [0.4, 0.5) is 4.79 Å².